The van der Waals surface area contributed by atoms with Crippen molar-refractivity contribution < 1.29 is 9.53 Å². The van der Waals surface area contributed by atoms with E-state index in [1.807, 2.05) is 0 Å². The van der Waals surface area contributed by atoms with Crippen LogP contribution in [0.3, 0.4) is 0 Å². The molecule has 1 N–H and O–H groups in total. The maximum absolute atomic E-state index is 12.1. The lowest BCUT2D eigenvalue weighted by Gasteiger charge is -2.07. The van der Waals surface area contributed by atoms with E-state index in [2.05, 4.69) is 27.9 Å². The maximum Gasteiger partial charge on any atom is 0.255 e. The Morgan fingerprint density at radius 3 is 2.47 bits per heavy atom. The monoisotopic (exact) mass is 387 g/mol. The zero-order chi connectivity index (χ0) is 13.8. The largest absolute Gasteiger partial charge is 0.496 e. The Labute approximate surface area is 130 Å². The van der Waals surface area contributed by atoms with Gasteiger partial charge in [0.25, 0.3) is 5.91 Å². The summed E-state index contributed by atoms with van der Waals surface area (Å²) in [6, 6.07) is 12.3. The molecule has 0 unspecified atom stereocenters. The van der Waals surface area contributed by atoms with Crippen LogP contribution in [-0.2, 0) is 0 Å². The van der Waals surface area contributed by atoms with Crippen LogP contribution in [0.4, 0.5) is 5.69 Å². The molecule has 0 aliphatic heterocycles. The quantitative estimate of drug-likeness (QED) is 0.802. The van der Waals surface area contributed by atoms with Crippen LogP contribution in [0.5, 0.6) is 5.75 Å². The molecule has 0 fully saturated rings. The molecular formula is C14H11ClINO2. The number of ether oxygens (including phenoxy) is 1. The van der Waals surface area contributed by atoms with E-state index in [1.54, 1.807) is 49.6 Å². The maximum atomic E-state index is 12.1. The van der Waals surface area contributed by atoms with Crippen molar-refractivity contribution in [1.29, 1.82) is 0 Å². The van der Waals surface area contributed by atoms with Crippen molar-refractivity contribution in [3.05, 3.63) is 56.6 Å². The predicted octanol–water partition coefficient (Wildman–Crippen LogP) is 4.21. The summed E-state index contributed by atoms with van der Waals surface area (Å²) in [6.45, 7) is 0. The molecule has 0 saturated carbocycles. The molecule has 0 heterocycles. The number of hydrogen-bond donors (Lipinski definition) is 1. The van der Waals surface area contributed by atoms with E-state index >= 15 is 0 Å². The van der Waals surface area contributed by atoms with E-state index in [0.29, 0.717) is 16.3 Å². The van der Waals surface area contributed by atoms with Gasteiger partial charge in [-0.3, -0.25) is 4.79 Å². The summed E-state index contributed by atoms with van der Waals surface area (Å²) in [5, 5.41) is 3.44. The van der Waals surface area contributed by atoms with Crippen molar-refractivity contribution in [1.82, 2.24) is 0 Å². The molecule has 0 radical (unpaired) electrons. The average molecular weight is 388 g/mol. The molecule has 0 spiro atoms. The fraction of sp³-hybridized carbons (Fsp3) is 0.0714. The van der Waals surface area contributed by atoms with Gasteiger partial charge in [0.1, 0.15) is 5.75 Å². The van der Waals surface area contributed by atoms with Crippen molar-refractivity contribution in [3.63, 3.8) is 0 Å². The van der Waals surface area contributed by atoms with Crippen LogP contribution in [-0.4, -0.2) is 13.0 Å². The van der Waals surface area contributed by atoms with Gasteiger partial charge in [-0.1, -0.05) is 11.6 Å². The second-order valence-electron chi connectivity index (χ2n) is 3.81. The summed E-state index contributed by atoms with van der Waals surface area (Å²) in [7, 11) is 1.60. The van der Waals surface area contributed by atoms with Crippen molar-refractivity contribution in [2.45, 2.75) is 0 Å². The molecule has 5 heteroatoms. The molecule has 0 bridgehead atoms. The summed E-state index contributed by atoms with van der Waals surface area (Å²) in [6.07, 6.45) is 0. The lowest BCUT2D eigenvalue weighted by atomic mass is 10.2. The number of anilines is 1. The Morgan fingerprint density at radius 1 is 1.21 bits per heavy atom. The molecule has 0 aliphatic carbocycles. The van der Waals surface area contributed by atoms with Gasteiger partial charge < -0.3 is 10.1 Å². The molecule has 19 heavy (non-hydrogen) atoms. The van der Waals surface area contributed by atoms with Crippen LogP contribution >= 0.6 is 34.2 Å². The van der Waals surface area contributed by atoms with Gasteiger partial charge in [-0.15, -0.1) is 0 Å². The molecule has 2 aromatic carbocycles. The van der Waals surface area contributed by atoms with Crippen LogP contribution in [0.15, 0.2) is 42.5 Å². The van der Waals surface area contributed by atoms with E-state index in [9.17, 15) is 4.79 Å². The van der Waals surface area contributed by atoms with E-state index in [4.69, 9.17) is 16.3 Å². The van der Waals surface area contributed by atoms with Crippen LogP contribution in [0, 0.1) is 3.57 Å². The minimum atomic E-state index is -0.164. The van der Waals surface area contributed by atoms with E-state index in [0.717, 1.165) is 9.32 Å². The van der Waals surface area contributed by atoms with Gasteiger partial charge in [0.05, 0.1) is 10.7 Å². The number of methoxy groups -OCH3 is 1. The fourth-order valence-corrected chi connectivity index (χ4v) is 2.41. The van der Waals surface area contributed by atoms with Gasteiger partial charge >= 0.3 is 0 Å². The predicted molar refractivity (Wildman–Crippen MR) is 85.1 cm³/mol. The molecule has 1 amide bonds. The number of nitrogens with one attached hydrogen (secondary N) is 1. The molecule has 0 saturated heterocycles. The Hall–Kier alpha value is -1.27. The smallest absolute Gasteiger partial charge is 0.255 e. The van der Waals surface area contributed by atoms with E-state index < -0.39 is 0 Å². The Morgan fingerprint density at radius 2 is 1.89 bits per heavy atom. The number of carbonyl (C=O) groups is 1. The average Bonchev–Trinajstić information content (AvgIpc) is 2.41. The first-order valence-corrected chi connectivity index (χ1v) is 6.96. The standard InChI is InChI=1S/C14H11ClINO2/c1-19-13-7-2-9(8-12(13)16)14(18)17-11-5-3-10(15)4-6-11/h2-8H,1H3,(H,17,18). The molecule has 0 aromatic heterocycles. The van der Waals surface area contributed by atoms with Crippen LogP contribution in [0.25, 0.3) is 0 Å². The van der Waals surface area contributed by atoms with Gasteiger partial charge in [0.15, 0.2) is 0 Å². The number of benzene rings is 2. The number of amides is 1. The van der Waals surface area contributed by atoms with Crippen molar-refractivity contribution in [2.75, 3.05) is 12.4 Å². The molecule has 98 valence electrons. The highest BCUT2D eigenvalue weighted by molar-refractivity contribution is 14.1. The molecule has 0 aliphatic rings. The summed E-state index contributed by atoms with van der Waals surface area (Å²) in [4.78, 5) is 12.1. The fourth-order valence-electron chi connectivity index (χ4n) is 1.54. The normalized spacial score (nSPS) is 10.1. The third-order valence-electron chi connectivity index (χ3n) is 2.52. The Balaban J connectivity index is 2.16. The van der Waals surface area contributed by atoms with Crippen LogP contribution in [0.2, 0.25) is 5.02 Å². The summed E-state index contributed by atoms with van der Waals surface area (Å²) < 4.78 is 6.05. The van der Waals surface area contributed by atoms with E-state index in [1.165, 1.54) is 0 Å². The van der Waals surface area contributed by atoms with Crippen molar-refractivity contribution in [2.24, 2.45) is 0 Å². The van der Waals surface area contributed by atoms with Gasteiger partial charge in [-0.25, -0.2) is 0 Å². The molecule has 2 aromatic rings. The Kier molecular flexibility index (Phi) is 4.66. The van der Waals surface area contributed by atoms with Gasteiger partial charge in [0, 0.05) is 16.3 Å². The lowest BCUT2D eigenvalue weighted by molar-refractivity contribution is 0.102. The second-order valence-corrected chi connectivity index (χ2v) is 5.41. The number of rotatable bonds is 3. The van der Waals surface area contributed by atoms with Crippen LogP contribution in [0.1, 0.15) is 10.4 Å². The van der Waals surface area contributed by atoms with E-state index in [-0.39, 0.29) is 5.91 Å². The van der Waals surface area contributed by atoms with Gasteiger partial charge in [-0.05, 0) is 65.1 Å². The third-order valence-corrected chi connectivity index (χ3v) is 3.61. The highest BCUT2D eigenvalue weighted by Gasteiger charge is 2.09. The van der Waals surface area contributed by atoms with Gasteiger partial charge in [-0.2, -0.15) is 0 Å². The minimum absolute atomic E-state index is 0.164. The topological polar surface area (TPSA) is 38.3 Å². The summed E-state index contributed by atoms with van der Waals surface area (Å²) in [5.74, 6) is 0.589. The molecule has 3 nitrogen and oxygen atoms in total. The highest BCUT2D eigenvalue weighted by Crippen LogP contribution is 2.22. The summed E-state index contributed by atoms with van der Waals surface area (Å²) >= 11 is 7.92. The zero-order valence-corrected chi connectivity index (χ0v) is 13.0. The highest BCUT2D eigenvalue weighted by atomic mass is 127. The third kappa shape index (κ3) is 3.61. The first-order valence-electron chi connectivity index (χ1n) is 5.50. The molecule has 2 rings (SSSR count). The minimum Gasteiger partial charge on any atom is -0.496 e. The number of carbonyl (C=O) groups excluding carboxylic acids is 1. The SMILES string of the molecule is COc1ccc(C(=O)Nc2ccc(Cl)cc2)cc1I. The van der Waals surface area contributed by atoms with Crippen molar-refractivity contribution in [3.8, 4) is 5.75 Å². The van der Waals surface area contributed by atoms with Crippen LogP contribution < -0.4 is 10.1 Å². The second kappa shape index (κ2) is 6.25. The first kappa shape index (κ1) is 14.1. The molecule has 0 atom stereocenters. The lowest BCUT2D eigenvalue weighted by Crippen LogP contribution is -2.12. The Bertz CT molecular complexity index is 599. The number of hydrogen-bond acceptors (Lipinski definition) is 2. The zero-order valence-electron chi connectivity index (χ0n) is 10.1. The van der Waals surface area contributed by atoms with Gasteiger partial charge in [0.2, 0.25) is 0 Å². The summed E-state index contributed by atoms with van der Waals surface area (Å²) in [5.41, 5.74) is 1.29. The molecular weight excluding hydrogens is 377 g/mol. The first-order chi connectivity index (χ1) is 9.10. The number of halogens is 2. The van der Waals surface area contributed by atoms with Crippen molar-refractivity contribution >= 4 is 45.8 Å².